The minimum Gasteiger partial charge on any atom is -0.487 e. The number of nitrogens with one attached hydrogen (secondary N) is 2. The number of amides is 1. The molecule has 1 aliphatic rings. The molecule has 1 aromatic carbocycles. The molecule has 0 saturated carbocycles. The maximum Gasteiger partial charge on any atom is 0.271 e. The van der Waals surface area contributed by atoms with Crippen LogP contribution < -0.4 is 19.5 Å². The highest BCUT2D eigenvalue weighted by Crippen LogP contribution is 2.35. The first-order valence-corrected chi connectivity index (χ1v) is 7.93. The summed E-state index contributed by atoms with van der Waals surface area (Å²) in [5.41, 5.74) is 0.569. The molecule has 0 radical (unpaired) electrons. The SMILES string of the molecule is CC(C)(CO)CNC(=O)c1cc(COc2ccc3c(c2)OCO3)[nH]n1. The first-order chi connectivity index (χ1) is 12.0. The van der Waals surface area contributed by atoms with E-state index in [9.17, 15) is 9.90 Å². The number of aromatic nitrogens is 2. The first-order valence-electron chi connectivity index (χ1n) is 7.93. The largest absolute Gasteiger partial charge is 0.487 e. The fourth-order valence-electron chi connectivity index (χ4n) is 2.15. The van der Waals surface area contributed by atoms with Crippen molar-refractivity contribution in [1.29, 1.82) is 0 Å². The van der Waals surface area contributed by atoms with Crippen molar-refractivity contribution in [2.45, 2.75) is 20.5 Å². The third kappa shape index (κ3) is 4.21. The van der Waals surface area contributed by atoms with Crippen molar-refractivity contribution in [3.8, 4) is 17.2 Å². The van der Waals surface area contributed by atoms with E-state index < -0.39 is 0 Å². The van der Waals surface area contributed by atoms with Gasteiger partial charge in [0.2, 0.25) is 6.79 Å². The molecule has 2 aromatic rings. The van der Waals surface area contributed by atoms with Crippen LogP contribution in [0.5, 0.6) is 17.2 Å². The topological polar surface area (TPSA) is 106 Å². The van der Waals surface area contributed by atoms with E-state index >= 15 is 0 Å². The predicted molar refractivity (Wildman–Crippen MR) is 88.7 cm³/mol. The highest BCUT2D eigenvalue weighted by Gasteiger charge is 2.19. The zero-order chi connectivity index (χ0) is 17.9. The molecule has 0 saturated heterocycles. The van der Waals surface area contributed by atoms with E-state index in [1.807, 2.05) is 13.8 Å². The van der Waals surface area contributed by atoms with E-state index in [2.05, 4.69) is 15.5 Å². The molecule has 1 aliphatic heterocycles. The number of fused-ring (bicyclic) bond motifs is 1. The molecular weight excluding hydrogens is 326 g/mol. The van der Waals surface area contributed by atoms with Crippen LogP contribution >= 0.6 is 0 Å². The number of rotatable bonds is 7. The van der Waals surface area contributed by atoms with Gasteiger partial charge in [-0.2, -0.15) is 5.10 Å². The van der Waals surface area contributed by atoms with E-state index in [0.29, 0.717) is 29.5 Å². The Labute approximate surface area is 145 Å². The quantitative estimate of drug-likeness (QED) is 0.700. The zero-order valence-electron chi connectivity index (χ0n) is 14.2. The van der Waals surface area contributed by atoms with E-state index in [1.165, 1.54) is 0 Å². The molecule has 0 aliphatic carbocycles. The Balaban J connectivity index is 1.54. The Morgan fingerprint density at radius 1 is 1.36 bits per heavy atom. The summed E-state index contributed by atoms with van der Waals surface area (Å²) < 4.78 is 16.2. The van der Waals surface area contributed by atoms with Crippen LogP contribution in [-0.2, 0) is 6.61 Å². The smallest absolute Gasteiger partial charge is 0.271 e. The normalized spacial score (nSPS) is 12.9. The van der Waals surface area contributed by atoms with Gasteiger partial charge in [-0.05, 0) is 18.2 Å². The van der Waals surface area contributed by atoms with Crippen LogP contribution in [-0.4, -0.2) is 41.2 Å². The number of ether oxygens (including phenoxy) is 3. The lowest BCUT2D eigenvalue weighted by atomic mass is 9.95. The zero-order valence-corrected chi connectivity index (χ0v) is 14.2. The monoisotopic (exact) mass is 347 g/mol. The predicted octanol–water partition coefficient (Wildman–Crippen LogP) is 1.47. The standard InChI is InChI=1S/C17H21N3O5/c1-17(2,9-21)8-18-16(22)13-5-11(19-20-13)7-23-12-3-4-14-15(6-12)25-10-24-14/h3-6,21H,7-10H2,1-2H3,(H,18,22)(H,19,20). The van der Waals surface area contributed by atoms with Crippen LogP contribution in [0.2, 0.25) is 0 Å². The summed E-state index contributed by atoms with van der Waals surface area (Å²) in [6, 6.07) is 6.96. The fraction of sp³-hybridized carbons (Fsp3) is 0.412. The van der Waals surface area contributed by atoms with Gasteiger partial charge >= 0.3 is 0 Å². The fourth-order valence-corrected chi connectivity index (χ4v) is 2.15. The Kier molecular flexibility index (Phi) is 4.80. The number of carbonyl (C=O) groups is 1. The number of benzene rings is 1. The summed E-state index contributed by atoms with van der Waals surface area (Å²) in [4.78, 5) is 12.1. The van der Waals surface area contributed by atoms with Crippen LogP contribution in [0.4, 0.5) is 0 Å². The van der Waals surface area contributed by atoms with Gasteiger partial charge in [0.15, 0.2) is 11.5 Å². The second-order valence-electron chi connectivity index (χ2n) is 6.59. The molecule has 8 nitrogen and oxygen atoms in total. The molecule has 0 spiro atoms. The molecule has 25 heavy (non-hydrogen) atoms. The van der Waals surface area contributed by atoms with Gasteiger partial charge in [0.1, 0.15) is 18.1 Å². The van der Waals surface area contributed by atoms with Gasteiger partial charge in [-0.3, -0.25) is 9.89 Å². The number of H-pyrrole nitrogens is 1. The Bertz CT molecular complexity index is 756. The van der Waals surface area contributed by atoms with Gasteiger partial charge in [0.25, 0.3) is 5.91 Å². The van der Waals surface area contributed by atoms with Gasteiger partial charge in [-0.1, -0.05) is 13.8 Å². The number of aliphatic hydroxyl groups excluding tert-OH is 1. The molecule has 2 heterocycles. The average molecular weight is 347 g/mol. The lowest BCUT2D eigenvalue weighted by molar-refractivity contribution is 0.0906. The molecule has 0 atom stereocenters. The highest BCUT2D eigenvalue weighted by molar-refractivity contribution is 5.92. The average Bonchev–Trinajstić information content (AvgIpc) is 3.26. The van der Waals surface area contributed by atoms with Crippen LogP contribution in [0.1, 0.15) is 30.0 Å². The number of carbonyl (C=O) groups excluding carboxylic acids is 1. The van der Waals surface area contributed by atoms with Crippen LogP contribution in [0.25, 0.3) is 0 Å². The molecule has 0 unspecified atom stereocenters. The summed E-state index contributed by atoms with van der Waals surface area (Å²) in [5, 5.41) is 18.7. The summed E-state index contributed by atoms with van der Waals surface area (Å²) in [5.74, 6) is 1.67. The van der Waals surface area contributed by atoms with Crippen molar-refractivity contribution >= 4 is 5.91 Å². The van der Waals surface area contributed by atoms with Crippen molar-refractivity contribution in [3.05, 3.63) is 35.7 Å². The van der Waals surface area contributed by atoms with Gasteiger partial charge in [0.05, 0.1) is 5.69 Å². The Morgan fingerprint density at radius 2 is 2.16 bits per heavy atom. The van der Waals surface area contributed by atoms with Gasteiger partial charge < -0.3 is 24.6 Å². The molecule has 3 N–H and O–H groups in total. The third-order valence-corrected chi connectivity index (χ3v) is 3.76. The second-order valence-corrected chi connectivity index (χ2v) is 6.59. The number of hydrogen-bond acceptors (Lipinski definition) is 6. The van der Waals surface area contributed by atoms with Crippen molar-refractivity contribution < 1.29 is 24.1 Å². The Morgan fingerprint density at radius 3 is 2.96 bits per heavy atom. The number of aromatic amines is 1. The molecule has 1 aromatic heterocycles. The maximum absolute atomic E-state index is 12.1. The van der Waals surface area contributed by atoms with Crippen LogP contribution in [0.15, 0.2) is 24.3 Å². The Hall–Kier alpha value is -2.74. The summed E-state index contributed by atoms with van der Waals surface area (Å²) in [6.45, 7) is 4.53. The van der Waals surface area contributed by atoms with Crippen molar-refractivity contribution in [3.63, 3.8) is 0 Å². The number of aliphatic hydroxyl groups is 1. The lowest BCUT2D eigenvalue weighted by Crippen LogP contribution is -2.36. The highest BCUT2D eigenvalue weighted by atomic mass is 16.7. The third-order valence-electron chi connectivity index (χ3n) is 3.76. The van der Waals surface area contributed by atoms with Gasteiger partial charge in [0, 0.05) is 24.6 Å². The van der Waals surface area contributed by atoms with E-state index in [0.717, 1.165) is 0 Å². The maximum atomic E-state index is 12.1. The molecular formula is C17H21N3O5. The van der Waals surface area contributed by atoms with Crippen molar-refractivity contribution in [1.82, 2.24) is 15.5 Å². The summed E-state index contributed by atoms with van der Waals surface area (Å²) in [6.07, 6.45) is 0. The van der Waals surface area contributed by atoms with Crippen molar-refractivity contribution in [2.24, 2.45) is 5.41 Å². The van der Waals surface area contributed by atoms with Crippen molar-refractivity contribution in [2.75, 3.05) is 19.9 Å². The summed E-state index contributed by atoms with van der Waals surface area (Å²) in [7, 11) is 0. The number of nitrogens with zero attached hydrogens (tertiary/aromatic N) is 1. The number of hydrogen-bond donors (Lipinski definition) is 3. The molecule has 1 amide bonds. The molecule has 8 heteroatoms. The van der Waals surface area contributed by atoms with E-state index in [4.69, 9.17) is 14.2 Å². The second kappa shape index (κ2) is 7.02. The minimum atomic E-state index is -0.378. The van der Waals surface area contributed by atoms with Crippen LogP contribution in [0.3, 0.4) is 0 Å². The van der Waals surface area contributed by atoms with Gasteiger partial charge in [-0.25, -0.2) is 0 Å². The molecule has 0 bridgehead atoms. The molecule has 0 fully saturated rings. The van der Waals surface area contributed by atoms with Crippen LogP contribution in [0, 0.1) is 5.41 Å². The molecule has 3 rings (SSSR count). The van der Waals surface area contributed by atoms with E-state index in [1.54, 1.807) is 24.3 Å². The first kappa shape index (κ1) is 17.1. The van der Waals surface area contributed by atoms with E-state index in [-0.39, 0.29) is 37.0 Å². The van der Waals surface area contributed by atoms with Gasteiger partial charge in [-0.15, -0.1) is 0 Å². The lowest BCUT2D eigenvalue weighted by Gasteiger charge is -2.21. The molecule has 134 valence electrons. The summed E-state index contributed by atoms with van der Waals surface area (Å²) >= 11 is 0. The minimum absolute atomic E-state index is 0.0114.